The molecule has 1 fully saturated rings. The molecule has 5 heteroatoms. The Bertz CT molecular complexity index is 1180. The molecule has 33 heavy (non-hydrogen) atoms. The number of carbonyl (C=O) groups is 1. The molecule has 2 N–H and O–H groups in total. The number of fused-ring (bicyclic) bond motifs is 1. The van der Waals surface area contributed by atoms with Gasteiger partial charge in [0.15, 0.2) is 0 Å². The Morgan fingerprint density at radius 3 is 2.70 bits per heavy atom. The van der Waals surface area contributed by atoms with Crippen LogP contribution >= 0.6 is 0 Å². The molecule has 0 spiro atoms. The van der Waals surface area contributed by atoms with Gasteiger partial charge in [0.05, 0.1) is 12.6 Å². The number of hydrogen-bond acceptors (Lipinski definition) is 4. The van der Waals surface area contributed by atoms with Crippen LogP contribution in [0.1, 0.15) is 38.7 Å². The number of amides is 1. The predicted octanol–water partition coefficient (Wildman–Crippen LogP) is 3.97. The minimum atomic E-state index is -0.0598. The van der Waals surface area contributed by atoms with E-state index in [9.17, 15) is 4.79 Å². The molecule has 0 bridgehead atoms. The lowest BCUT2D eigenvalue weighted by Gasteiger charge is -2.31. The number of aryl methyl sites for hydroxylation is 1. The van der Waals surface area contributed by atoms with E-state index in [0.29, 0.717) is 5.56 Å². The summed E-state index contributed by atoms with van der Waals surface area (Å²) in [6, 6.07) is 22.7. The van der Waals surface area contributed by atoms with Crippen LogP contribution in [0.3, 0.4) is 0 Å². The number of nitrogens with one attached hydrogen (secondary N) is 2. The summed E-state index contributed by atoms with van der Waals surface area (Å²) in [7, 11) is 0. The van der Waals surface area contributed by atoms with E-state index in [4.69, 9.17) is 0 Å². The van der Waals surface area contributed by atoms with Gasteiger partial charge >= 0.3 is 0 Å². The van der Waals surface area contributed by atoms with Crippen molar-refractivity contribution in [1.29, 1.82) is 0 Å². The summed E-state index contributed by atoms with van der Waals surface area (Å²) in [5, 5.41) is 6.73. The predicted molar refractivity (Wildman–Crippen MR) is 134 cm³/mol. The van der Waals surface area contributed by atoms with Crippen LogP contribution in [0.25, 0.3) is 11.1 Å². The van der Waals surface area contributed by atoms with Crippen LogP contribution in [0.4, 0.5) is 0 Å². The Morgan fingerprint density at radius 1 is 1.03 bits per heavy atom. The third kappa shape index (κ3) is 5.05. The Hall–Kier alpha value is -3.28. The second-order valence-electron chi connectivity index (χ2n) is 8.95. The van der Waals surface area contributed by atoms with Crippen LogP contribution in [-0.4, -0.2) is 49.7 Å². The summed E-state index contributed by atoms with van der Waals surface area (Å²) in [5.74, 6) is -0.0405. The summed E-state index contributed by atoms with van der Waals surface area (Å²) in [4.78, 5) is 20.1. The maximum Gasteiger partial charge on any atom is 0.251 e. The standard InChI is InChI=1S/C28H30N4O/c1-20-4-2-6-23(14-20)27(19-32-12-10-29-11-13-32)31-28(33)24-7-3-5-21(15-24)22-8-9-25-17-30-18-26(25)16-22/h2-9,14-16,18,27,29H,10-13,17,19H2,1H3,(H,31,33). The molecule has 1 atom stereocenters. The number of nitrogens with zero attached hydrogens (tertiary/aromatic N) is 2. The summed E-state index contributed by atoms with van der Waals surface area (Å²) < 4.78 is 0. The Kier molecular flexibility index (Phi) is 6.33. The monoisotopic (exact) mass is 438 g/mol. The van der Waals surface area contributed by atoms with Gasteiger partial charge < -0.3 is 10.6 Å². The normalized spacial score (nSPS) is 16.4. The molecule has 3 aromatic rings. The van der Waals surface area contributed by atoms with Crippen molar-refractivity contribution in [3.8, 4) is 11.1 Å². The molecule has 1 amide bonds. The van der Waals surface area contributed by atoms with Gasteiger partial charge in [-0.05, 0) is 52.9 Å². The average molecular weight is 439 g/mol. The molecular formula is C28H30N4O. The molecule has 0 radical (unpaired) electrons. The van der Waals surface area contributed by atoms with E-state index in [0.717, 1.165) is 61.5 Å². The molecule has 2 heterocycles. The van der Waals surface area contributed by atoms with Crippen LogP contribution in [0.5, 0.6) is 0 Å². The Labute approximate surface area is 195 Å². The lowest BCUT2D eigenvalue weighted by molar-refractivity contribution is 0.0921. The zero-order chi connectivity index (χ0) is 22.6. The summed E-state index contributed by atoms with van der Waals surface area (Å²) in [6.45, 7) is 7.62. The largest absolute Gasteiger partial charge is 0.344 e. The fourth-order valence-corrected chi connectivity index (χ4v) is 4.64. The first kappa shape index (κ1) is 21.6. The summed E-state index contributed by atoms with van der Waals surface area (Å²) in [6.07, 6.45) is 1.93. The van der Waals surface area contributed by atoms with Crippen molar-refractivity contribution in [1.82, 2.24) is 15.5 Å². The van der Waals surface area contributed by atoms with Crippen molar-refractivity contribution in [3.05, 3.63) is 94.5 Å². The molecule has 1 saturated heterocycles. The van der Waals surface area contributed by atoms with Gasteiger partial charge in [-0.25, -0.2) is 0 Å². The van der Waals surface area contributed by atoms with E-state index in [-0.39, 0.29) is 11.9 Å². The number of piperazine rings is 1. The highest BCUT2D eigenvalue weighted by atomic mass is 16.1. The number of rotatable bonds is 6. The summed E-state index contributed by atoms with van der Waals surface area (Å²) >= 11 is 0. The molecule has 5 nitrogen and oxygen atoms in total. The zero-order valence-electron chi connectivity index (χ0n) is 19.1. The second-order valence-corrected chi connectivity index (χ2v) is 8.95. The SMILES string of the molecule is Cc1cccc(C(CN2CCNCC2)NC(=O)c2cccc(-c3ccc4c(c3)C=NC4)c2)c1. The van der Waals surface area contributed by atoms with E-state index in [2.05, 4.69) is 76.0 Å². The van der Waals surface area contributed by atoms with Crippen molar-refractivity contribution in [2.24, 2.45) is 4.99 Å². The highest BCUT2D eigenvalue weighted by Gasteiger charge is 2.21. The highest BCUT2D eigenvalue weighted by Crippen LogP contribution is 2.26. The Morgan fingerprint density at radius 2 is 1.85 bits per heavy atom. The van der Waals surface area contributed by atoms with Gasteiger partial charge in [-0.1, -0.05) is 54.1 Å². The van der Waals surface area contributed by atoms with E-state index in [1.807, 2.05) is 24.4 Å². The van der Waals surface area contributed by atoms with Crippen molar-refractivity contribution in [2.45, 2.75) is 19.5 Å². The molecule has 168 valence electrons. The van der Waals surface area contributed by atoms with Gasteiger partial charge in [-0.15, -0.1) is 0 Å². The fourth-order valence-electron chi connectivity index (χ4n) is 4.64. The number of carbonyl (C=O) groups excluding carboxylic acids is 1. The molecule has 0 saturated carbocycles. The van der Waals surface area contributed by atoms with Crippen molar-refractivity contribution < 1.29 is 4.79 Å². The van der Waals surface area contributed by atoms with Gasteiger partial charge in [0.1, 0.15) is 0 Å². The molecule has 1 unspecified atom stereocenters. The topological polar surface area (TPSA) is 56.7 Å². The third-order valence-corrected chi connectivity index (χ3v) is 6.50. The zero-order valence-corrected chi connectivity index (χ0v) is 19.1. The van der Waals surface area contributed by atoms with Crippen LogP contribution in [0, 0.1) is 6.92 Å². The quantitative estimate of drug-likeness (QED) is 0.612. The molecule has 3 aromatic carbocycles. The first-order chi connectivity index (χ1) is 16.2. The minimum absolute atomic E-state index is 0.0405. The van der Waals surface area contributed by atoms with E-state index in [1.54, 1.807) is 0 Å². The van der Waals surface area contributed by atoms with Gasteiger partial charge in [0.2, 0.25) is 0 Å². The second kappa shape index (κ2) is 9.69. The molecule has 0 aliphatic carbocycles. The van der Waals surface area contributed by atoms with Crippen LogP contribution in [0.2, 0.25) is 0 Å². The number of benzene rings is 3. The van der Waals surface area contributed by atoms with Crippen molar-refractivity contribution in [3.63, 3.8) is 0 Å². The molecule has 2 aliphatic heterocycles. The van der Waals surface area contributed by atoms with Crippen LogP contribution in [0.15, 0.2) is 71.7 Å². The van der Waals surface area contributed by atoms with Gasteiger partial charge in [-0.3, -0.25) is 14.7 Å². The van der Waals surface area contributed by atoms with E-state index >= 15 is 0 Å². The smallest absolute Gasteiger partial charge is 0.251 e. The lowest BCUT2D eigenvalue weighted by atomic mass is 9.98. The number of hydrogen-bond donors (Lipinski definition) is 2. The lowest BCUT2D eigenvalue weighted by Crippen LogP contribution is -2.47. The first-order valence-electron chi connectivity index (χ1n) is 11.7. The number of aliphatic imine (C=N–C) groups is 1. The first-order valence-corrected chi connectivity index (χ1v) is 11.7. The van der Waals surface area contributed by atoms with Crippen molar-refractivity contribution >= 4 is 12.1 Å². The van der Waals surface area contributed by atoms with Gasteiger partial charge in [0, 0.05) is 44.5 Å². The maximum atomic E-state index is 13.4. The van der Waals surface area contributed by atoms with E-state index < -0.39 is 0 Å². The van der Waals surface area contributed by atoms with Crippen molar-refractivity contribution in [2.75, 3.05) is 32.7 Å². The molecular weight excluding hydrogens is 408 g/mol. The van der Waals surface area contributed by atoms with E-state index in [1.165, 1.54) is 11.1 Å². The third-order valence-electron chi connectivity index (χ3n) is 6.50. The average Bonchev–Trinajstić information content (AvgIpc) is 3.32. The highest BCUT2D eigenvalue weighted by molar-refractivity contribution is 5.96. The molecule has 0 aromatic heterocycles. The van der Waals surface area contributed by atoms with Crippen LogP contribution < -0.4 is 10.6 Å². The minimum Gasteiger partial charge on any atom is -0.344 e. The maximum absolute atomic E-state index is 13.4. The van der Waals surface area contributed by atoms with Gasteiger partial charge in [-0.2, -0.15) is 0 Å². The van der Waals surface area contributed by atoms with Crippen LogP contribution in [-0.2, 0) is 6.54 Å². The fraction of sp³-hybridized carbons (Fsp3) is 0.286. The summed E-state index contributed by atoms with van der Waals surface area (Å²) in [5.41, 5.74) is 7.59. The Balaban J connectivity index is 1.37. The van der Waals surface area contributed by atoms with Gasteiger partial charge in [0.25, 0.3) is 5.91 Å². The molecule has 5 rings (SSSR count). The molecule has 2 aliphatic rings.